The molecule has 0 fully saturated rings. The van der Waals surface area contributed by atoms with E-state index in [0.717, 1.165) is 0 Å². The lowest BCUT2D eigenvalue weighted by molar-refractivity contribution is 0.0514. The molecule has 0 spiro atoms. The van der Waals surface area contributed by atoms with E-state index >= 15 is 0 Å². The lowest BCUT2D eigenvalue weighted by Gasteiger charge is -1.95. The molecular formula is C8H8N2O3. The molecule has 0 aliphatic heterocycles. The molecule has 1 heterocycles. The first-order chi connectivity index (χ1) is 6.20. The van der Waals surface area contributed by atoms with Gasteiger partial charge in [0.25, 0.3) is 0 Å². The van der Waals surface area contributed by atoms with Gasteiger partial charge < -0.3 is 9.26 Å². The van der Waals surface area contributed by atoms with E-state index in [1.54, 1.807) is 13.8 Å². The topological polar surface area (TPSA) is 76.1 Å². The number of carbonyl (C=O) groups excluding carboxylic acids is 1. The van der Waals surface area contributed by atoms with Gasteiger partial charge in [0.2, 0.25) is 5.69 Å². The fourth-order valence-electron chi connectivity index (χ4n) is 0.843. The second-order valence-corrected chi connectivity index (χ2v) is 2.29. The summed E-state index contributed by atoms with van der Waals surface area (Å²) in [5, 5.41) is 12.1. The smallest absolute Gasteiger partial charge is 0.361 e. The van der Waals surface area contributed by atoms with Crippen molar-refractivity contribution in [3.63, 3.8) is 0 Å². The second-order valence-electron chi connectivity index (χ2n) is 2.29. The van der Waals surface area contributed by atoms with E-state index in [2.05, 4.69) is 14.4 Å². The molecule has 68 valence electrons. The predicted molar refractivity (Wildman–Crippen MR) is 41.9 cm³/mol. The third-order valence-electron chi connectivity index (χ3n) is 1.44. The van der Waals surface area contributed by atoms with E-state index in [1.165, 1.54) is 0 Å². The Balaban J connectivity index is 3.02. The Morgan fingerprint density at radius 2 is 2.46 bits per heavy atom. The number of aryl methyl sites for hydroxylation is 1. The molecule has 0 bridgehead atoms. The molecule has 0 aromatic carbocycles. The zero-order valence-electron chi connectivity index (χ0n) is 7.33. The van der Waals surface area contributed by atoms with Crippen molar-refractivity contribution >= 4 is 5.97 Å². The van der Waals surface area contributed by atoms with Crippen molar-refractivity contribution in [3.8, 4) is 6.07 Å². The van der Waals surface area contributed by atoms with E-state index in [-0.39, 0.29) is 17.9 Å². The Labute approximate surface area is 74.9 Å². The van der Waals surface area contributed by atoms with E-state index < -0.39 is 5.97 Å². The van der Waals surface area contributed by atoms with Gasteiger partial charge in [0.15, 0.2) is 5.76 Å². The van der Waals surface area contributed by atoms with E-state index in [0.29, 0.717) is 5.76 Å². The van der Waals surface area contributed by atoms with Crippen molar-refractivity contribution in [1.29, 1.82) is 5.26 Å². The van der Waals surface area contributed by atoms with Gasteiger partial charge in [0.1, 0.15) is 11.6 Å². The van der Waals surface area contributed by atoms with Crippen molar-refractivity contribution in [1.82, 2.24) is 5.16 Å². The third kappa shape index (κ3) is 1.67. The van der Waals surface area contributed by atoms with Gasteiger partial charge in [-0.1, -0.05) is 5.16 Å². The molecule has 0 aliphatic carbocycles. The highest BCUT2D eigenvalue weighted by molar-refractivity contribution is 5.90. The molecule has 1 aromatic rings. The molecule has 1 rings (SSSR count). The highest BCUT2D eigenvalue weighted by atomic mass is 16.5. The average molecular weight is 180 g/mol. The molecule has 0 saturated carbocycles. The van der Waals surface area contributed by atoms with Gasteiger partial charge in [-0.05, 0) is 13.8 Å². The summed E-state index contributed by atoms with van der Waals surface area (Å²) in [5.74, 6) is -0.304. The number of hydrogen-bond acceptors (Lipinski definition) is 5. The van der Waals surface area contributed by atoms with E-state index in [9.17, 15) is 4.79 Å². The van der Waals surface area contributed by atoms with Crippen molar-refractivity contribution in [2.45, 2.75) is 13.8 Å². The minimum atomic E-state index is -0.629. The van der Waals surface area contributed by atoms with Crippen LogP contribution in [0.2, 0.25) is 0 Å². The first-order valence-electron chi connectivity index (χ1n) is 3.74. The summed E-state index contributed by atoms with van der Waals surface area (Å²) in [6, 6.07) is 1.83. The van der Waals surface area contributed by atoms with Crippen LogP contribution in [0.1, 0.15) is 28.7 Å². The molecule has 0 aliphatic rings. The van der Waals surface area contributed by atoms with Gasteiger partial charge in [-0.3, -0.25) is 0 Å². The van der Waals surface area contributed by atoms with Gasteiger partial charge in [0.05, 0.1) is 6.61 Å². The quantitative estimate of drug-likeness (QED) is 0.635. The highest BCUT2D eigenvalue weighted by Gasteiger charge is 2.20. The maximum Gasteiger partial charge on any atom is 0.361 e. The highest BCUT2D eigenvalue weighted by Crippen LogP contribution is 2.12. The Bertz CT molecular complexity index is 362. The summed E-state index contributed by atoms with van der Waals surface area (Å²) < 4.78 is 9.35. The first kappa shape index (κ1) is 9.26. The van der Waals surface area contributed by atoms with Gasteiger partial charge >= 0.3 is 5.97 Å². The monoisotopic (exact) mass is 180 g/mol. The minimum Gasteiger partial charge on any atom is -0.461 e. The first-order valence-corrected chi connectivity index (χ1v) is 3.74. The van der Waals surface area contributed by atoms with Crippen LogP contribution in [0.3, 0.4) is 0 Å². The van der Waals surface area contributed by atoms with Crippen LogP contribution in [0.5, 0.6) is 0 Å². The lowest BCUT2D eigenvalue weighted by atomic mass is 10.2. The Morgan fingerprint density at radius 3 is 3.00 bits per heavy atom. The number of hydrogen-bond donors (Lipinski definition) is 0. The molecule has 0 saturated heterocycles. The largest absolute Gasteiger partial charge is 0.461 e. The van der Waals surface area contributed by atoms with Crippen LogP contribution in [-0.4, -0.2) is 17.7 Å². The molecule has 0 unspecified atom stereocenters. The van der Waals surface area contributed by atoms with E-state index in [1.807, 2.05) is 6.07 Å². The van der Waals surface area contributed by atoms with Crippen LogP contribution >= 0.6 is 0 Å². The molecule has 13 heavy (non-hydrogen) atoms. The van der Waals surface area contributed by atoms with Gasteiger partial charge in [-0.2, -0.15) is 5.26 Å². The van der Waals surface area contributed by atoms with Crippen molar-refractivity contribution in [2.24, 2.45) is 0 Å². The second kappa shape index (κ2) is 3.72. The maximum absolute atomic E-state index is 11.1. The van der Waals surface area contributed by atoms with Crippen LogP contribution in [0, 0.1) is 18.3 Å². The number of ether oxygens (including phenoxy) is 1. The summed E-state index contributed by atoms with van der Waals surface area (Å²) in [6.07, 6.45) is 0. The Hall–Kier alpha value is -1.83. The Kier molecular flexibility index (Phi) is 2.65. The molecule has 0 amide bonds. The summed E-state index contributed by atoms with van der Waals surface area (Å²) in [4.78, 5) is 11.1. The van der Waals surface area contributed by atoms with Crippen molar-refractivity contribution < 1.29 is 14.1 Å². The number of nitrogens with zero attached hydrogens (tertiary/aromatic N) is 2. The van der Waals surface area contributed by atoms with Crippen LogP contribution in [0.4, 0.5) is 0 Å². The van der Waals surface area contributed by atoms with Gasteiger partial charge in [0, 0.05) is 0 Å². The fraction of sp³-hybridized carbons (Fsp3) is 0.375. The summed E-state index contributed by atoms with van der Waals surface area (Å²) >= 11 is 0. The third-order valence-corrected chi connectivity index (χ3v) is 1.44. The van der Waals surface area contributed by atoms with Gasteiger partial charge in [-0.15, -0.1) is 0 Å². The average Bonchev–Trinajstić information content (AvgIpc) is 2.47. The van der Waals surface area contributed by atoms with Crippen molar-refractivity contribution in [2.75, 3.05) is 6.61 Å². The van der Waals surface area contributed by atoms with E-state index in [4.69, 9.17) is 5.26 Å². The van der Waals surface area contributed by atoms with Crippen LogP contribution in [0.15, 0.2) is 4.52 Å². The van der Waals surface area contributed by atoms with Crippen LogP contribution in [0.25, 0.3) is 0 Å². The Morgan fingerprint density at radius 1 is 1.77 bits per heavy atom. The molecule has 0 radical (unpaired) electrons. The number of carbonyl (C=O) groups is 1. The van der Waals surface area contributed by atoms with Crippen LogP contribution < -0.4 is 0 Å². The molecule has 0 atom stereocenters. The number of esters is 1. The lowest BCUT2D eigenvalue weighted by Crippen LogP contribution is -2.06. The molecule has 5 nitrogen and oxygen atoms in total. The maximum atomic E-state index is 11.1. The number of nitriles is 1. The minimum absolute atomic E-state index is 0.0538. The standard InChI is InChI=1S/C8H8N2O3/c1-3-12-8(11)7-6(4-9)5(2)13-10-7/h3H2,1-2H3. The van der Waals surface area contributed by atoms with Crippen LogP contribution in [-0.2, 0) is 4.74 Å². The molecule has 0 N–H and O–H groups in total. The molecule has 5 heteroatoms. The summed E-state index contributed by atoms with van der Waals surface area (Å²) in [6.45, 7) is 3.49. The van der Waals surface area contributed by atoms with Crippen molar-refractivity contribution in [3.05, 3.63) is 17.0 Å². The normalized spacial score (nSPS) is 9.31. The zero-order chi connectivity index (χ0) is 9.84. The fourth-order valence-corrected chi connectivity index (χ4v) is 0.843. The summed E-state index contributed by atoms with van der Waals surface area (Å²) in [7, 11) is 0. The number of aromatic nitrogens is 1. The SMILES string of the molecule is CCOC(=O)c1noc(C)c1C#N. The molecule has 1 aromatic heterocycles. The van der Waals surface area contributed by atoms with Gasteiger partial charge in [-0.25, -0.2) is 4.79 Å². The summed E-state index contributed by atoms with van der Waals surface area (Å²) in [5.41, 5.74) is 0.0836. The predicted octanol–water partition coefficient (Wildman–Crippen LogP) is 1.03. The molecular weight excluding hydrogens is 172 g/mol. The zero-order valence-corrected chi connectivity index (χ0v) is 7.33. The number of rotatable bonds is 2.